The standard InChI is InChI=1S/C14H15N3O6S2/c15-12(19)8-1-2-10(9(5-8)17(22)23)25-6-11(18)16-14(13(20)21)3-4-24-7-14/h1-2,5H,3-4,6-7H2,(H2,15,19)(H,16,18)(H,20,21). The van der Waals surface area contributed by atoms with Crippen molar-refractivity contribution in [2.24, 2.45) is 5.73 Å². The van der Waals surface area contributed by atoms with Crippen molar-refractivity contribution >= 4 is 47.0 Å². The fourth-order valence-electron chi connectivity index (χ4n) is 2.27. The third-order valence-corrected chi connectivity index (χ3v) is 5.86. The van der Waals surface area contributed by atoms with Crippen LogP contribution in [0.25, 0.3) is 0 Å². The molecule has 0 bridgehead atoms. The number of hydrogen-bond acceptors (Lipinski definition) is 7. The predicted octanol–water partition coefficient (Wildman–Crippen LogP) is 0.862. The van der Waals surface area contributed by atoms with E-state index in [9.17, 15) is 29.6 Å². The summed E-state index contributed by atoms with van der Waals surface area (Å²) < 4.78 is 0. The molecular weight excluding hydrogens is 370 g/mol. The molecule has 25 heavy (non-hydrogen) atoms. The van der Waals surface area contributed by atoms with E-state index in [1.54, 1.807) is 0 Å². The smallest absolute Gasteiger partial charge is 0.330 e. The highest BCUT2D eigenvalue weighted by atomic mass is 32.2. The molecule has 0 aromatic heterocycles. The summed E-state index contributed by atoms with van der Waals surface area (Å²) in [7, 11) is 0. The number of hydrogen-bond donors (Lipinski definition) is 3. The molecule has 1 atom stereocenters. The highest BCUT2D eigenvalue weighted by Gasteiger charge is 2.43. The number of nitrogens with one attached hydrogen (secondary N) is 1. The summed E-state index contributed by atoms with van der Waals surface area (Å²) in [5.41, 5.74) is 3.47. The summed E-state index contributed by atoms with van der Waals surface area (Å²) >= 11 is 2.33. The molecule has 134 valence electrons. The Bertz CT molecular complexity index is 733. The molecule has 2 amide bonds. The number of carbonyl (C=O) groups excluding carboxylic acids is 2. The fourth-order valence-corrected chi connectivity index (χ4v) is 4.40. The van der Waals surface area contributed by atoms with Crippen LogP contribution in [0.5, 0.6) is 0 Å². The highest BCUT2D eigenvalue weighted by molar-refractivity contribution is 8.00. The van der Waals surface area contributed by atoms with E-state index in [1.807, 2.05) is 0 Å². The number of nitro benzene ring substituents is 1. The predicted molar refractivity (Wildman–Crippen MR) is 92.8 cm³/mol. The Kier molecular flexibility index (Phi) is 5.90. The van der Waals surface area contributed by atoms with E-state index in [2.05, 4.69) is 5.32 Å². The van der Waals surface area contributed by atoms with Crippen molar-refractivity contribution in [1.29, 1.82) is 0 Å². The first-order valence-corrected chi connectivity index (χ1v) is 9.22. The summed E-state index contributed by atoms with van der Waals surface area (Å²) in [6, 6.07) is 3.73. The monoisotopic (exact) mass is 385 g/mol. The van der Waals surface area contributed by atoms with Crippen LogP contribution in [0.3, 0.4) is 0 Å². The summed E-state index contributed by atoms with van der Waals surface area (Å²) in [4.78, 5) is 45.3. The van der Waals surface area contributed by atoms with Gasteiger partial charge in [0.15, 0.2) is 0 Å². The molecule has 1 aromatic rings. The number of rotatable bonds is 7. The maximum absolute atomic E-state index is 12.1. The van der Waals surface area contributed by atoms with Gasteiger partial charge >= 0.3 is 5.97 Å². The third kappa shape index (κ3) is 4.42. The topological polar surface area (TPSA) is 153 Å². The van der Waals surface area contributed by atoms with E-state index < -0.39 is 28.2 Å². The Labute approximate surface area is 150 Å². The van der Waals surface area contributed by atoms with Gasteiger partial charge in [0.05, 0.1) is 15.6 Å². The van der Waals surface area contributed by atoms with Crippen molar-refractivity contribution < 1.29 is 24.4 Å². The van der Waals surface area contributed by atoms with Crippen molar-refractivity contribution in [2.45, 2.75) is 16.9 Å². The first kappa shape index (κ1) is 19.1. The number of carboxylic acids is 1. The maximum Gasteiger partial charge on any atom is 0.330 e. The first-order valence-electron chi connectivity index (χ1n) is 7.08. The van der Waals surface area contributed by atoms with Gasteiger partial charge in [-0.2, -0.15) is 11.8 Å². The number of nitro groups is 1. The normalized spacial score (nSPS) is 19.4. The molecule has 1 heterocycles. The van der Waals surface area contributed by atoms with Crippen LogP contribution >= 0.6 is 23.5 Å². The van der Waals surface area contributed by atoms with E-state index in [1.165, 1.54) is 23.9 Å². The van der Waals surface area contributed by atoms with E-state index in [0.717, 1.165) is 17.8 Å². The number of carboxylic acid groups (broad SMARTS) is 1. The van der Waals surface area contributed by atoms with E-state index in [-0.39, 0.29) is 27.7 Å². The number of carbonyl (C=O) groups is 3. The maximum atomic E-state index is 12.1. The molecule has 1 saturated heterocycles. The molecule has 1 aromatic carbocycles. The average Bonchev–Trinajstić information content (AvgIpc) is 3.02. The van der Waals surface area contributed by atoms with Crippen molar-refractivity contribution in [3.8, 4) is 0 Å². The Morgan fingerprint density at radius 1 is 1.44 bits per heavy atom. The molecule has 2 rings (SSSR count). The van der Waals surface area contributed by atoms with Gasteiger partial charge in [-0.15, -0.1) is 11.8 Å². The summed E-state index contributed by atoms with van der Waals surface area (Å²) in [6.07, 6.45) is 0.330. The molecule has 1 aliphatic heterocycles. The van der Waals surface area contributed by atoms with Crippen LogP contribution in [0.15, 0.2) is 23.1 Å². The van der Waals surface area contributed by atoms with Crippen LogP contribution in [0.2, 0.25) is 0 Å². The number of aliphatic carboxylic acids is 1. The van der Waals surface area contributed by atoms with Gasteiger partial charge < -0.3 is 16.2 Å². The van der Waals surface area contributed by atoms with Gasteiger partial charge in [-0.1, -0.05) is 0 Å². The zero-order valence-corrected chi connectivity index (χ0v) is 14.5. The lowest BCUT2D eigenvalue weighted by atomic mass is 9.99. The third-order valence-electron chi connectivity index (χ3n) is 3.61. The average molecular weight is 385 g/mol. The van der Waals surface area contributed by atoms with Gasteiger partial charge in [-0.3, -0.25) is 19.7 Å². The molecule has 0 aliphatic carbocycles. The highest BCUT2D eigenvalue weighted by Crippen LogP contribution is 2.31. The molecule has 1 unspecified atom stereocenters. The number of nitrogens with zero attached hydrogens (tertiary/aromatic N) is 1. The fraction of sp³-hybridized carbons (Fsp3) is 0.357. The second-order valence-corrected chi connectivity index (χ2v) is 7.45. The molecule has 11 heteroatoms. The van der Waals surface area contributed by atoms with Crippen molar-refractivity contribution in [3.05, 3.63) is 33.9 Å². The van der Waals surface area contributed by atoms with Crippen LogP contribution in [-0.4, -0.2) is 50.6 Å². The molecular formula is C14H15N3O6S2. The van der Waals surface area contributed by atoms with Crippen LogP contribution in [0.4, 0.5) is 5.69 Å². The van der Waals surface area contributed by atoms with Gasteiger partial charge in [-0.25, -0.2) is 4.79 Å². The van der Waals surface area contributed by atoms with Gasteiger partial charge in [0, 0.05) is 17.4 Å². The van der Waals surface area contributed by atoms with E-state index in [0.29, 0.717) is 12.2 Å². The molecule has 0 spiro atoms. The number of thioether (sulfide) groups is 2. The lowest BCUT2D eigenvalue weighted by Crippen LogP contribution is -2.55. The largest absolute Gasteiger partial charge is 0.479 e. The van der Waals surface area contributed by atoms with Gasteiger partial charge in [0.25, 0.3) is 5.69 Å². The van der Waals surface area contributed by atoms with Crippen LogP contribution in [0.1, 0.15) is 16.8 Å². The van der Waals surface area contributed by atoms with Gasteiger partial charge in [-0.05, 0) is 24.3 Å². The first-order chi connectivity index (χ1) is 11.7. The van der Waals surface area contributed by atoms with Crippen LogP contribution in [-0.2, 0) is 9.59 Å². The Morgan fingerprint density at radius 3 is 2.68 bits per heavy atom. The van der Waals surface area contributed by atoms with Gasteiger partial charge in [0.1, 0.15) is 5.54 Å². The second kappa shape index (κ2) is 7.74. The molecule has 4 N–H and O–H groups in total. The molecule has 0 saturated carbocycles. The number of primary amides is 1. The molecule has 9 nitrogen and oxygen atoms in total. The summed E-state index contributed by atoms with van der Waals surface area (Å²) in [5, 5.41) is 23.0. The Hall–Kier alpha value is -2.27. The van der Waals surface area contributed by atoms with E-state index >= 15 is 0 Å². The van der Waals surface area contributed by atoms with Crippen molar-refractivity contribution in [3.63, 3.8) is 0 Å². The molecule has 1 aliphatic rings. The van der Waals surface area contributed by atoms with Crippen molar-refractivity contribution in [1.82, 2.24) is 5.32 Å². The molecule has 0 radical (unpaired) electrons. The minimum Gasteiger partial charge on any atom is -0.479 e. The Balaban J connectivity index is 2.08. The Morgan fingerprint density at radius 2 is 2.16 bits per heavy atom. The summed E-state index contributed by atoms with van der Waals surface area (Å²) in [6.45, 7) is 0. The number of amides is 2. The lowest BCUT2D eigenvalue weighted by Gasteiger charge is -2.24. The van der Waals surface area contributed by atoms with Gasteiger partial charge in [0.2, 0.25) is 11.8 Å². The zero-order chi connectivity index (χ0) is 18.6. The second-order valence-electron chi connectivity index (χ2n) is 5.33. The summed E-state index contributed by atoms with van der Waals surface area (Å²) in [5.74, 6) is -1.67. The van der Waals surface area contributed by atoms with E-state index in [4.69, 9.17) is 5.73 Å². The van der Waals surface area contributed by atoms with Crippen molar-refractivity contribution in [2.75, 3.05) is 17.3 Å². The van der Waals surface area contributed by atoms with Crippen LogP contribution in [0, 0.1) is 10.1 Å². The zero-order valence-electron chi connectivity index (χ0n) is 12.9. The lowest BCUT2D eigenvalue weighted by molar-refractivity contribution is -0.387. The minimum absolute atomic E-state index is 0.00619. The quantitative estimate of drug-likeness (QED) is 0.355. The minimum atomic E-state index is -1.29. The number of benzene rings is 1. The molecule has 1 fully saturated rings. The number of nitrogens with two attached hydrogens (primary N) is 1. The van der Waals surface area contributed by atoms with Crippen LogP contribution < -0.4 is 11.1 Å². The SMILES string of the molecule is NC(=O)c1ccc(SCC(=O)NC2(C(=O)O)CCSC2)c([N+](=O)[O-])c1.